The molecule has 1 aromatic heterocycles. The van der Waals surface area contributed by atoms with Gasteiger partial charge in [0.2, 0.25) is 0 Å². The highest BCUT2D eigenvalue weighted by atomic mass is 35.5. The second-order valence-electron chi connectivity index (χ2n) is 4.51. The van der Waals surface area contributed by atoms with Crippen LogP contribution in [0.4, 0.5) is 0 Å². The number of nitrogens with zero attached hydrogens (tertiary/aromatic N) is 2. The zero-order chi connectivity index (χ0) is 11.4. The summed E-state index contributed by atoms with van der Waals surface area (Å²) >= 11 is 5.50. The summed E-state index contributed by atoms with van der Waals surface area (Å²) in [6.07, 6.45) is 10.1. The number of halogens is 1. The molecule has 0 bridgehead atoms. The molecule has 0 aromatic carbocycles. The van der Waals surface area contributed by atoms with E-state index in [4.69, 9.17) is 11.6 Å². The summed E-state index contributed by atoms with van der Waals surface area (Å²) in [5.74, 6) is 0.721. The number of aromatic nitrogens is 2. The number of rotatable bonds is 4. The average Bonchev–Trinajstić information content (AvgIpc) is 2.78. The van der Waals surface area contributed by atoms with E-state index in [1.54, 1.807) is 6.20 Å². The first kappa shape index (κ1) is 11.6. The molecular weight excluding hydrogens is 224 g/mol. The topological polar surface area (TPSA) is 34.9 Å². The molecule has 2 rings (SSSR count). The van der Waals surface area contributed by atoms with E-state index in [-0.39, 0.29) is 11.7 Å². The maximum absolute atomic E-state index is 11.3. The van der Waals surface area contributed by atoms with Crippen LogP contribution < -0.4 is 0 Å². The van der Waals surface area contributed by atoms with E-state index >= 15 is 0 Å². The SMILES string of the molecule is O=C(CCl)c1cnn(CC2CCCCC2)c1. The quantitative estimate of drug-likeness (QED) is 0.599. The molecule has 16 heavy (non-hydrogen) atoms. The van der Waals surface area contributed by atoms with Crippen LogP contribution in [0, 0.1) is 5.92 Å². The Morgan fingerprint density at radius 1 is 1.44 bits per heavy atom. The predicted molar refractivity (Wildman–Crippen MR) is 63.9 cm³/mol. The number of carbonyl (C=O) groups excluding carboxylic acids is 1. The maximum atomic E-state index is 11.3. The molecule has 0 N–H and O–H groups in total. The highest BCUT2D eigenvalue weighted by molar-refractivity contribution is 6.30. The van der Waals surface area contributed by atoms with Crippen LogP contribution in [0.5, 0.6) is 0 Å². The zero-order valence-corrected chi connectivity index (χ0v) is 10.1. The summed E-state index contributed by atoms with van der Waals surface area (Å²) in [7, 11) is 0. The normalized spacial score (nSPS) is 17.6. The lowest BCUT2D eigenvalue weighted by Crippen LogP contribution is -2.14. The zero-order valence-electron chi connectivity index (χ0n) is 9.36. The van der Waals surface area contributed by atoms with E-state index in [2.05, 4.69) is 5.10 Å². The van der Waals surface area contributed by atoms with Crippen LogP contribution in [0.2, 0.25) is 0 Å². The van der Waals surface area contributed by atoms with Crippen molar-refractivity contribution in [2.24, 2.45) is 5.92 Å². The van der Waals surface area contributed by atoms with Crippen molar-refractivity contribution in [1.82, 2.24) is 9.78 Å². The Balaban J connectivity index is 1.94. The molecule has 0 aliphatic heterocycles. The van der Waals surface area contributed by atoms with E-state index in [9.17, 15) is 4.79 Å². The Hall–Kier alpha value is -0.830. The number of ketones is 1. The molecule has 0 radical (unpaired) electrons. The average molecular weight is 241 g/mol. The van der Waals surface area contributed by atoms with Crippen molar-refractivity contribution in [3.05, 3.63) is 18.0 Å². The molecule has 1 aromatic rings. The van der Waals surface area contributed by atoms with Crippen molar-refractivity contribution in [1.29, 1.82) is 0 Å². The Morgan fingerprint density at radius 2 is 2.19 bits per heavy atom. The van der Waals surface area contributed by atoms with E-state index in [1.807, 2.05) is 10.9 Å². The lowest BCUT2D eigenvalue weighted by atomic mass is 9.89. The first-order chi connectivity index (χ1) is 7.79. The standard InChI is InChI=1S/C12H17ClN2O/c13-6-12(16)11-7-14-15(9-11)8-10-4-2-1-3-5-10/h7,9-10H,1-6,8H2. The third kappa shape index (κ3) is 2.85. The number of carbonyl (C=O) groups is 1. The van der Waals surface area contributed by atoms with E-state index in [0.29, 0.717) is 5.56 Å². The largest absolute Gasteiger partial charge is 0.293 e. The summed E-state index contributed by atoms with van der Waals surface area (Å²) in [6.45, 7) is 0.940. The Kier molecular flexibility index (Phi) is 3.99. The van der Waals surface area contributed by atoms with Crippen molar-refractivity contribution in [2.45, 2.75) is 38.6 Å². The van der Waals surface area contributed by atoms with Gasteiger partial charge in [-0.2, -0.15) is 5.10 Å². The maximum Gasteiger partial charge on any atom is 0.180 e. The summed E-state index contributed by atoms with van der Waals surface area (Å²) < 4.78 is 1.88. The fourth-order valence-electron chi connectivity index (χ4n) is 2.32. The molecule has 3 nitrogen and oxygen atoms in total. The van der Waals surface area contributed by atoms with Gasteiger partial charge < -0.3 is 0 Å². The molecule has 1 aliphatic carbocycles. The highest BCUT2D eigenvalue weighted by Crippen LogP contribution is 2.24. The monoisotopic (exact) mass is 240 g/mol. The van der Waals surface area contributed by atoms with Crippen LogP contribution in [0.15, 0.2) is 12.4 Å². The summed E-state index contributed by atoms with van der Waals surface area (Å²) in [4.78, 5) is 11.3. The summed E-state index contributed by atoms with van der Waals surface area (Å²) in [6, 6.07) is 0. The van der Waals surface area contributed by atoms with Gasteiger partial charge >= 0.3 is 0 Å². The molecular formula is C12H17ClN2O. The molecule has 0 unspecified atom stereocenters. The van der Waals surface area contributed by atoms with Crippen molar-refractivity contribution in [2.75, 3.05) is 5.88 Å². The smallest absolute Gasteiger partial charge is 0.180 e. The molecule has 0 amide bonds. The third-order valence-corrected chi connectivity index (χ3v) is 3.49. The van der Waals surface area contributed by atoms with Gasteiger partial charge in [-0.3, -0.25) is 9.48 Å². The molecule has 1 heterocycles. The minimum Gasteiger partial charge on any atom is -0.293 e. The van der Waals surface area contributed by atoms with Crippen LogP contribution in [-0.2, 0) is 6.54 Å². The lowest BCUT2D eigenvalue weighted by Gasteiger charge is -2.21. The lowest BCUT2D eigenvalue weighted by molar-refractivity contribution is 0.102. The summed E-state index contributed by atoms with van der Waals surface area (Å²) in [5.41, 5.74) is 0.630. The van der Waals surface area contributed by atoms with E-state index in [0.717, 1.165) is 12.5 Å². The van der Waals surface area contributed by atoms with Gasteiger partial charge in [-0.05, 0) is 18.8 Å². The number of alkyl halides is 1. The predicted octanol–water partition coefficient (Wildman–Crippen LogP) is 2.88. The number of Topliss-reactive ketones (excluding diaryl/α,β-unsaturated/α-hetero) is 1. The van der Waals surface area contributed by atoms with Crippen LogP contribution >= 0.6 is 11.6 Å². The molecule has 1 aliphatic rings. The Labute approximate surface area is 101 Å². The minimum absolute atomic E-state index is 0.0368. The van der Waals surface area contributed by atoms with Crippen LogP contribution in [-0.4, -0.2) is 21.4 Å². The van der Waals surface area contributed by atoms with Gasteiger partial charge in [0.1, 0.15) is 0 Å². The van der Waals surface area contributed by atoms with Crippen molar-refractivity contribution in [3.63, 3.8) is 0 Å². The molecule has 88 valence electrons. The third-order valence-electron chi connectivity index (χ3n) is 3.25. The highest BCUT2D eigenvalue weighted by Gasteiger charge is 2.15. The van der Waals surface area contributed by atoms with Gasteiger partial charge in [0, 0.05) is 12.7 Å². The van der Waals surface area contributed by atoms with Crippen LogP contribution in [0.3, 0.4) is 0 Å². The first-order valence-corrected chi connectivity index (χ1v) is 6.44. The van der Waals surface area contributed by atoms with Gasteiger partial charge in [-0.15, -0.1) is 11.6 Å². The van der Waals surface area contributed by atoms with Gasteiger partial charge in [-0.1, -0.05) is 19.3 Å². The Bertz CT molecular complexity index is 356. The fourth-order valence-corrected chi connectivity index (χ4v) is 2.47. The summed E-state index contributed by atoms with van der Waals surface area (Å²) in [5, 5.41) is 4.22. The second kappa shape index (κ2) is 5.48. The molecule has 0 saturated heterocycles. The van der Waals surface area contributed by atoms with Gasteiger partial charge in [-0.25, -0.2) is 0 Å². The van der Waals surface area contributed by atoms with Crippen molar-refractivity contribution in [3.8, 4) is 0 Å². The van der Waals surface area contributed by atoms with Gasteiger partial charge in [0.25, 0.3) is 0 Å². The minimum atomic E-state index is -0.0449. The molecule has 0 spiro atoms. The molecule has 4 heteroatoms. The molecule has 0 atom stereocenters. The number of hydrogen-bond acceptors (Lipinski definition) is 2. The van der Waals surface area contributed by atoms with Crippen molar-refractivity contribution >= 4 is 17.4 Å². The van der Waals surface area contributed by atoms with E-state index in [1.165, 1.54) is 32.1 Å². The van der Waals surface area contributed by atoms with Crippen molar-refractivity contribution < 1.29 is 4.79 Å². The molecule has 1 saturated carbocycles. The van der Waals surface area contributed by atoms with Gasteiger partial charge in [0.05, 0.1) is 17.6 Å². The van der Waals surface area contributed by atoms with Gasteiger partial charge in [0.15, 0.2) is 5.78 Å². The second-order valence-corrected chi connectivity index (χ2v) is 4.78. The number of hydrogen-bond donors (Lipinski definition) is 0. The van der Waals surface area contributed by atoms with Crippen LogP contribution in [0.1, 0.15) is 42.5 Å². The Morgan fingerprint density at radius 3 is 2.88 bits per heavy atom. The van der Waals surface area contributed by atoms with Crippen LogP contribution in [0.25, 0.3) is 0 Å². The fraction of sp³-hybridized carbons (Fsp3) is 0.667. The first-order valence-electron chi connectivity index (χ1n) is 5.91. The molecule has 1 fully saturated rings. The van der Waals surface area contributed by atoms with E-state index < -0.39 is 0 Å².